The Kier molecular flexibility index (Phi) is 4.31. The number of aryl methyl sites for hydroxylation is 2. The summed E-state index contributed by atoms with van der Waals surface area (Å²) in [5, 5.41) is 0. The Morgan fingerprint density at radius 1 is 1.06 bits per heavy atom. The highest BCUT2D eigenvalue weighted by Crippen LogP contribution is 1.90. The Bertz CT molecular complexity index is 521. The van der Waals surface area contributed by atoms with E-state index in [1.54, 1.807) is 27.9 Å². The van der Waals surface area contributed by atoms with Gasteiger partial charge in [-0.25, -0.2) is 26.0 Å². The number of hydrogen-bond acceptors (Lipinski definition) is 4. The van der Waals surface area contributed by atoms with Gasteiger partial charge in [0.25, 0.3) is 0 Å². The fourth-order valence-electron chi connectivity index (χ4n) is 1.25. The van der Waals surface area contributed by atoms with Crippen LogP contribution >= 0.6 is 0 Å². The molecule has 1 aromatic heterocycles. The van der Waals surface area contributed by atoms with Gasteiger partial charge in [-0.15, -0.1) is 0 Å². The topological polar surface area (TPSA) is 77.1 Å². The van der Waals surface area contributed by atoms with Gasteiger partial charge in [-0.3, -0.25) is 0 Å². The molecule has 0 aromatic carbocycles. The highest BCUT2D eigenvalue weighted by Gasteiger charge is 2.10. The molecule has 0 aliphatic rings. The molecule has 6 nitrogen and oxygen atoms in total. The zero-order chi connectivity index (χ0) is 13.1. The van der Waals surface area contributed by atoms with Gasteiger partial charge >= 0.3 is 0 Å². The zero-order valence-electron chi connectivity index (χ0n) is 9.90. The van der Waals surface area contributed by atoms with E-state index in [-0.39, 0.29) is 11.5 Å². The Morgan fingerprint density at radius 3 is 2.18 bits per heavy atom. The quantitative estimate of drug-likeness (QED) is 0.618. The molecule has 0 atom stereocenters. The Hall–Kier alpha value is -0.890. The van der Waals surface area contributed by atoms with Crippen LogP contribution in [0.15, 0.2) is 18.7 Å². The predicted molar refractivity (Wildman–Crippen MR) is 64.0 cm³/mol. The van der Waals surface area contributed by atoms with E-state index in [9.17, 15) is 16.8 Å². The summed E-state index contributed by atoms with van der Waals surface area (Å²) in [7, 11) is -5.95. The first-order valence-electron chi connectivity index (χ1n) is 5.06. The van der Waals surface area contributed by atoms with E-state index in [0.717, 1.165) is 0 Å². The van der Waals surface area contributed by atoms with Crippen LogP contribution in [0.5, 0.6) is 0 Å². The van der Waals surface area contributed by atoms with Crippen molar-refractivity contribution in [3.8, 4) is 0 Å². The lowest BCUT2D eigenvalue weighted by Crippen LogP contribution is -2.35. The fraction of sp³-hybridized carbons (Fsp3) is 0.667. The molecular weight excluding hydrogens is 264 g/mol. The third kappa shape index (κ3) is 6.42. The number of rotatable bonds is 6. The number of nitrogens with zero attached hydrogens (tertiary/aromatic N) is 2. The van der Waals surface area contributed by atoms with Crippen LogP contribution in [-0.2, 0) is 32.8 Å². The van der Waals surface area contributed by atoms with Crippen LogP contribution in [0.25, 0.3) is 0 Å². The molecule has 0 unspecified atom stereocenters. The van der Waals surface area contributed by atoms with E-state index in [1.807, 2.05) is 0 Å². The first-order valence-corrected chi connectivity index (χ1v) is 9.18. The summed E-state index contributed by atoms with van der Waals surface area (Å²) in [6.45, 7) is 0.759. The fourth-order valence-corrected chi connectivity index (χ4v) is 2.33. The van der Waals surface area contributed by atoms with E-state index in [1.165, 1.54) is 12.5 Å². The molecule has 1 aromatic rings. The van der Waals surface area contributed by atoms with Gasteiger partial charge in [0, 0.05) is 12.5 Å². The second-order valence-corrected chi connectivity index (χ2v) is 8.67. The molecule has 0 aliphatic heterocycles. The summed E-state index contributed by atoms with van der Waals surface area (Å²) in [6, 6.07) is 0. The van der Waals surface area contributed by atoms with Gasteiger partial charge in [0.2, 0.25) is 6.33 Å². The van der Waals surface area contributed by atoms with Crippen LogP contribution in [0, 0.1) is 0 Å². The summed E-state index contributed by atoms with van der Waals surface area (Å²) in [5.41, 5.74) is 0. The number of imidazole rings is 1. The van der Waals surface area contributed by atoms with Gasteiger partial charge in [-0.05, 0) is 0 Å². The third-order valence-electron chi connectivity index (χ3n) is 2.19. The first-order chi connectivity index (χ1) is 7.66. The van der Waals surface area contributed by atoms with Crippen molar-refractivity contribution in [3.05, 3.63) is 18.7 Å². The molecule has 0 fully saturated rings. The molecule has 0 spiro atoms. The van der Waals surface area contributed by atoms with E-state index in [4.69, 9.17) is 0 Å². The molecule has 8 heteroatoms. The van der Waals surface area contributed by atoms with Gasteiger partial charge in [0.15, 0.2) is 19.7 Å². The van der Waals surface area contributed by atoms with E-state index < -0.39 is 19.7 Å². The molecule has 0 saturated carbocycles. The Morgan fingerprint density at radius 2 is 1.65 bits per heavy atom. The molecule has 0 aliphatic carbocycles. The highest BCUT2D eigenvalue weighted by molar-refractivity contribution is 7.90. The Balaban J connectivity index is 2.54. The van der Waals surface area contributed by atoms with Gasteiger partial charge in [0.1, 0.15) is 25.5 Å². The maximum absolute atomic E-state index is 11.0. The maximum atomic E-state index is 11.0. The zero-order valence-corrected chi connectivity index (χ0v) is 11.5. The van der Waals surface area contributed by atoms with Gasteiger partial charge in [0.05, 0.1) is 11.5 Å². The minimum absolute atomic E-state index is 0.0771. The van der Waals surface area contributed by atoms with Crippen molar-refractivity contribution in [2.75, 3.05) is 24.0 Å². The van der Waals surface area contributed by atoms with Crippen molar-refractivity contribution in [2.24, 2.45) is 0 Å². The van der Waals surface area contributed by atoms with Crippen LogP contribution in [0.2, 0.25) is 0 Å². The average Bonchev–Trinajstić information content (AvgIpc) is 2.57. The average molecular weight is 281 g/mol. The van der Waals surface area contributed by atoms with Crippen LogP contribution < -0.4 is 4.57 Å². The normalized spacial score (nSPS) is 12.8. The first kappa shape index (κ1) is 14.2. The van der Waals surface area contributed by atoms with Crippen LogP contribution in [0.3, 0.4) is 0 Å². The number of sulfone groups is 2. The molecule has 1 rings (SSSR count). The summed E-state index contributed by atoms with van der Waals surface area (Å²) in [6.07, 6.45) is 7.54. The molecular formula is C9H17N2O4S2+. The van der Waals surface area contributed by atoms with Crippen molar-refractivity contribution < 1.29 is 21.4 Å². The van der Waals surface area contributed by atoms with Crippen LogP contribution in [0.1, 0.15) is 0 Å². The minimum Gasteiger partial charge on any atom is -0.236 e. The van der Waals surface area contributed by atoms with E-state index in [0.29, 0.717) is 13.1 Å². The minimum atomic E-state index is -2.97. The van der Waals surface area contributed by atoms with Crippen molar-refractivity contribution in [3.63, 3.8) is 0 Å². The van der Waals surface area contributed by atoms with Crippen molar-refractivity contribution >= 4 is 19.7 Å². The molecule has 0 amide bonds. The third-order valence-corrected chi connectivity index (χ3v) is 4.04. The van der Waals surface area contributed by atoms with E-state index >= 15 is 0 Å². The van der Waals surface area contributed by atoms with Crippen molar-refractivity contribution in [1.82, 2.24) is 4.57 Å². The Labute approximate surface area is 102 Å². The smallest absolute Gasteiger partial charge is 0.236 e. The van der Waals surface area contributed by atoms with Gasteiger partial charge < -0.3 is 0 Å². The lowest BCUT2D eigenvalue weighted by atomic mass is 10.7. The van der Waals surface area contributed by atoms with Crippen LogP contribution in [0.4, 0.5) is 0 Å². The molecule has 1 heterocycles. The lowest BCUT2D eigenvalue weighted by molar-refractivity contribution is -0.692. The summed E-state index contributed by atoms with van der Waals surface area (Å²) in [4.78, 5) is 0. The number of aromatic nitrogens is 2. The molecule has 0 radical (unpaired) electrons. The van der Waals surface area contributed by atoms with Crippen molar-refractivity contribution in [1.29, 1.82) is 0 Å². The standard InChI is InChI=1S/C9H17N2O4S2/c1-16(12,13)7-5-10-3-4-11(9-10)6-8-17(2,14)15/h3-4,9H,5-8H2,1-2H3/q+1. The largest absolute Gasteiger partial charge is 0.243 e. The van der Waals surface area contributed by atoms with Crippen molar-refractivity contribution in [2.45, 2.75) is 13.1 Å². The highest BCUT2D eigenvalue weighted by atomic mass is 32.2. The molecule has 0 bridgehead atoms. The van der Waals surface area contributed by atoms with E-state index in [2.05, 4.69) is 0 Å². The number of hydrogen-bond donors (Lipinski definition) is 0. The van der Waals surface area contributed by atoms with Gasteiger partial charge in [-0.1, -0.05) is 0 Å². The summed E-state index contributed by atoms with van der Waals surface area (Å²) < 4.78 is 47.3. The second-order valence-electron chi connectivity index (χ2n) is 4.15. The molecule has 0 N–H and O–H groups in total. The predicted octanol–water partition coefficient (Wildman–Crippen LogP) is -1.14. The second kappa shape index (κ2) is 5.18. The summed E-state index contributed by atoms with van der Waals surface area (Å²) in [5.74, 6) is 0.154. The lowest BCUT2D eigenvalue weighted by Gasteiger charge is -1.96. The van der Waals surface area contributed by atoms with Crippen LogP contribution in [-0.4, -0.2) is 45.4 Å². The molecule has 0 saturated heterocycles. The molecule has 17 heavy (non-hydrogen) atoms. The monoisotopic (exact) mass is 281 g/mol. The maximum Gasteiger partial charge on any atom is 0.243 e. The van der Waals surface area contributed by atoms with Gasteiger partial charge in [-0.2, -0.15) is 0 Å². The molecule has 98 valence electrons. The summed E-state index contributed by atoms with van der Waals surface area (Å²) >= 11 is 0. The SMILES string of the molecule is CS(=O)(=O)CCn1cc[n+](CCS(C)(=O)=O)c1.